The van der Waals surface area contributed by atoms with Gasteiger partial charge in [0.25, 0.3) is 0 Å². The Bertz CT molecular complexity index is 2880. The first kappa shape index (κ1) is 27.3. The molecule has 0 saturated heterocycles. The molecular formula is C46H28N4. The number of hydrogen-bond acceptors (Lipinski definition) is 3. The molecule has 0 saturated carbocycles. The van der Waals surface area contributed by atoms with Gasteiger partial charge in [-0.25, -0.2) is 15.0 Å². The maximum absolute atomic E-state index is 4.77. The van der Waals surface area contributed by atoms with Crippen LogP contribution >= 0.6 is 0 Å². The van der Waals surface area contributed by atoms with E-state index in [0.29, 0.717) is 5.95 Å². The van der Waals surface area contributed by atoms with Gasteiger partial charge in [-0.3, -0.25) is 4.57 Å². The lowest BCUT2D eigenvalue weighted by Gasteiger charge is -2.35. The molecule has 2 aliphatic carbocycles. The predicted octanol–water partition coefficient (Wildman–Crippen LogP) is 10.6. The Kier molecular flexibility index (Phi) is 5.56. The Morgan fingerprint density at radius 3 is 2.10 bits per heavy atom. The summed E-state index contributed by atoms with van der Waals surface area (Å²) in [6.07, 6.45) is 9.98. The number of nitrogens with zero attached hydrogens (tertiary/aromatic N) is 4. The van der Waals surface area contributed by atoms with E-state index in [1.165, 1.54) is 60.8 Å². The summed E-state index contributed by atoms with van der Waals surface area (Å²) >= 11 is 0. The third-order valence-electron chi connectivity index (χ3n) is 10.8. The number of hydrogen-bond donors (Lipinski definition) is 0. The van der Waals surface area contributed by atoms with Crippen LogP contribution in [0.4, 0.5) is 0 Å². The Morgan fingerprint density at radius 1 is 0.460 bits per heavy atom. The van der Waals surface area contributed by atoms with E-state index in [1.807, 2.05) is 18.3 Å². The average molecular weight is 637 g/mol. The molecule has 0 amide bonds. The molecular weight excluding hydrogens is 609 g/mol. The summed E-state index contributed by atoms with van der Waals surface area (Å²) < 4.78 is 2.05. The molecule has 1 spiro atoms. The van der Waals surface area contributed by atoms with E-state index in [4.69, 9.17) is 4.98 Å². The van der Waals surface area contributed by atoms with Gasteiger partial charge in [0.15, 0.2) is 0 Å². The number of rotatable bonds is 2. The Hall–Kier alpha value is -6.65. The zero-order valence-corrected chi connectivity index (χ0v) is 27.0. The van der Waals surface area contributed by atoms with Gasteiger partial charge in [-0.2, -0.15) is 0 Å². The lowest BCUT2D eigenvalue weighted by atomic mass is 9.65. The second kappa shape index (κ2) is 10.2. The number of aromatic nitrogens is 4. The Morgan fingerprint density at radius 2 is 1.18 bits per heavy atom. The van der Waals surface area contributed by atoms with Crippen molar-refractivity contribution in [2.24, 2.45) is 0 Å². The van der Waals surface area contributed by atoms with Crippen molar-refractivity contribution in [1.82, 2.24) is 19.5 Å². The van der Waals surface area contributed by atoms with Crippen LogP contribution in [0.25, 0.3) is 73.1 Å². The van der Waals surface area contributed by atoms with Gasteiger partial charge >= 0.3 is 0 Å². The van der Waals surface area contributed by atoms with Crippen molar-refractivity contribution in [3.8, 4) is 28.2 Å². The molecule has 50 heavy (non-hydrogen) atoms. The molecule has 232 valence electrons. The first-order chi connectivity index (χ1) is 24.8. The molecule has 0 N–H and O–H groups in total. The summed E-state index contributed by atoms with van der Waals surface area (Å²) in [5, 5.41) is 4.75. The van der Waals surface area contributed by atoms with E-state index in [1.54, 1.807) is 12.4 Å². The summed E-state index contributed by atoms with van der Waals surface area (Å²) in [5.41, 5.74) is 14.1. The summed E-state index contributed by atoms with van der Waals surface area (Å²) in [5.74, 6) is 0.613. The Balaban J connectivity index is 1.21. The molecule has 0 aliphatic heterocycles. The second-order valence-corrected chi connectivity index (χ2v) is 13.2. The normalized spacial score (nSPS) is 15.6. The van der Waals surface area contributed by atoms with Crippen molar-refractivity contribution >= 4 is 44.9 Å². The van der Waals surface area contributed by atoms with Gasteiger partial charge in [0, 0.05) is 29.4 Å². The van der Waals surface area contributed by atoms with Crippen LogP contribution in [-0.4, -0.2) is 19.5 Å². The molecule has 0 bridgehead atoms. The first-order valence-electron chi connectivity index (χ1n) is 17.0. The quantitative estimate of drug-likeness (QED) is 0.190. The highest BCUT2D eigenvalue weighted by atomic mass is 15.2. The van der Waals surface area contributed by atoms with Gasteiger partial charge in [0.1, 0.15) is 5.65 Å². The van der Waals surface area contributed by atoms with Crippen molar-refractivity contribution < 1.29 is 0 Å². The molecule has 3 heterocycles. The molecule has 1 atom stereocenters. The van der Waals surface area contributed by atoms with Crippen LogP contribution in [0.15, 0.2) is 158 Å². The van der Waals surface area contributed by atoms with E-state index >= 15 is 0 Å². The van der Waals surface area contributed by atoms with Crippen LogP contribution in [0.1, 0.15) is 33.4 Å². The lowest BCUT2D eigenvalue weighted by Crippen LogP contribution is -2.30. The van der Waals surface area contributed by atoms with E-state index < -0.39 is 5.41 Å². The number of pyridine rings is 1. The zero-order valence-electron chi connectivity index (χ0n) is 27.0. The fourth-order valence-electron chi connectivity index (χ4n) is 8.78. The number of fused-ring (bicyclic) bond motifs is 14. The van der Waals surface area contributed by atoms with E-state index in [2.05, 4.69) is 154 Å². The highest BCUT2D eigenvalue weighted by Gasteiger charge is 2.49. The molecule has 11 rings (SSSR count). The SMILES string of the molecule is C1=Cc2ccc(-c3ccc4c(c3)c3cccnc3n4-c3ncccn3)cc2C2(c3ccccc31)c1ccccc1-c1c2ccc2ccccc12. The first-order valence-corrected chi connectivity index (χ1v) is 17.0. The molecule has 9 aromatic rings. The van der Waals surface area contributed by atoms with Gasteiger partial charge in [-0.05, 0) is 103 Å². The zero-order chi connectivity index (χ0) is 32.8. The van der Waals surface area contributed by atoms with Gasteiger partial charge in [0.05, 0.1) is 10.9 Å². The molecule has 3 aromatic heterocycles. The van der Waals surface area contributed by atoms with E-state index in [9.17, 15) is 0 Å². The smallest absolute Gasteiger partial charge is 0.235 e. The van der Waals surface area contributed by atoms with Crippen LogP contribution in [0.3, 0.4) is 0 Å². The molecule has 0 fully saturated rings. The molecule has 6 aromatic carbocycles. The molecule has 1 unspecified atom stereocenters. The van der Waals surface area contributed by atoms with Gasteiger partial charge in [-0.15, -0.1) is 0 Å². The maximum Gasteiger partial charge on any atom is 0.235 e. The molecule has 2 aliphatic rings. The summed E-state index contributed by atoms with van der Waals surface area (Å²) in [6.45, 7) is 0. The van der Waals surface area contributed by atoms with Gasteiger partial charge in [-0.1, -0.05) is 115 Å². The fraction of sp³-hybridized carbons (Fsp3) is 0.0217. The fourth-order valence-corrected chi connectivity index (χ4v) is 8.78. The van der Waals surface area contributed by atoms with Crippen molar-refractivity contribution in [3.63, 3.8) is 0 Å². The third-order valence-corrected chi connectivity index (χ3v) is 10.8. The summed E-state index contributed by atoms with van der Waals surface area (Å²) in [6, 6.07) is 51.2. The van der Waals surface area contributed by atoms with E-state index in [-0.39, 0.29) is 0 Å². The van der Waals surface area contributed by atoms with E-state index in [0.717, 1.165) is 27.5 Å². The largest absolute Gasteiger partial charge is 0.262 e. The van der Waals surface area contributed by atoms with Crippen molar-refractivity contribution in [2.45, 2.75) is 5.41 Å². The minimum Gasteiger partial charge on any atom is -0.262 e. The van der Waals surface area contributed by atoms with Gasteiger partial charge < -0.3 is 0 Å². The summed E-state index contributed by atoms with van der Waals surface area (Å²) in [4.78, 5) is 13.9. The van der Waals surface area contributed by atoms with Crippen molar-refractivity contribution in [3.05, 3.63) is 191 Å². The molecule has 4 heteroatoms. The van der Waals surface area contributed by atoms with Gasteiger partial charge in [0.2, 0.25) is 5.95 Å². The van der Waals surface area contributed by atoms with Crippen molar-refractivity contribution in [1.29, 1.82) is 0 Å². The maximum atomic E-state index is 4.77. The van der Waals surface area contributed by atoms with Crippen molar-refractivity contribution in [2.75, 3.05) is 0 Å². The van der Waals surface area contributed by atoms with Crippen LogP contribution in [0.5, 0.6) is 0 Å². The minimum absolute atomic E-state index is 0.504. The average Bonchev–Trinajstić information content (AvgIpc) is 3.62. The van der Waals surface area contributed by atoms with Crippen LogP contribution in [0, 0.1) is 0 Å². The summed E-state index contributed by atoms with van der Waals surface area (Å²) in [7, 11) is 0. The van der Waals surface area contributed by atoms with Crippen LogP contribution in [-0.2, 0) is 5.41 Å². The second-order valence-electron chi connectivity index (χ2n) is 13.2. The minimum atomic E-state index is -0.504. The van der Waals surface area contributed by atoms with Crippen LogP contribution < -0.4 is 0 Å². The Labute approximate surface area is 288 Å². The van der Waals surface area contributed by atoms with Crippen LogP contribution in [0.2, 0.25) is 0 Å². The lowest BCUT2D eigenvalue weighted by molar-refractivity contribution is 0.767. The highest BCUT2D eigenvalue weighted by molar-refractivity contribution is 6.09. The third kappa shape index (κ3) is 3.57. The molecule has 4 nitrogen and oxygen atoms in total. The standard InChI is InChI=1S/C46H28N4/c1-3-11-34-29(9-1)20-22-40-43(34)36-12-4-6-15-39(36)46(40)38-14-5-2-10-30(38)16-17-31-18-19-33(28-41(31)46)32-21-23-42-37(27-32)35-13-7-24-47-44(35)50(42)45-48-25-8-26-49-45/h1-28H. The topological polar surface area (TPSA) is 43.6 Å². The molecule has 0 radical (unpaired) electrons. The predicted molar refractivity (Wildman–Crippen MR) is 203 cm³/mol. The monoisotopic (exact) mass is 636 g/mol. The number of benzene rings is 6. The highest BCUT2D eigenvalue weighted by Crippen LogP contribution is 2.60.